The van der Waals surface area contributed by atoms with E-state index in [0.29, 0.717) is 12.1 Å². The topological polar surface area (TPSA) is 71.3 Å². The molecule has 2 amide bonds. The first-order chi connectivity index (χ1) is 13.0. The van der Waals surface area contributed by atoms with Gasteiger partial charge in [0.2, 0.25) is 5.91 Å². The van der Waals surface area contributed by atoms with Crippen LogP contribution in [0.5, 0.6) is 0 Å². The molecule has 2 aromatic carbocycles. The first-order valence-electron chi connectivity index (χ1n) is 8.48. The second-order valence-electron chi connectivity index (χ2n) is 6.15. The van der Waals surface area contributed by atoms with Gasteiger partial charge in [0.15, 0.2) is 5.76 Å². The third-order valence-corrected chi connectivity index (χ3v) is 4.96. The fourth-order valence-corrected chi connectivity index (χ4v) is 2.89. The summed E-state index contributed by atoms with van der Waals surface area (Å²) >= 11 is 3.44. The molecule has 1 unspecified atom stereocenters. The fraction of sp³-hybridized carbons (Fsp3) is 0.143. The highest BCUT2D eigenvalue weighted by Gasteiger charge is 2.23. The number of furan rings is 1. The zero-order valence-corrected chi connectivity index (χ0v) is 16.3. The number of anilines is 1. The van der Waals surface area contributed by atoms with E-state index in [1.165, 1.54) is 6.26 Å². The Morgan fingerprint density at radius 3 is 2.52 bits per heavy atom. The Labute approximate surface area is 165 Å². The zero-order valence-electron chi connectivity index (χ0n) is 14.7. The van der Waals surface area contributed by atoms with E-state index in [4.69, 9.17) is 4.42 Å². The molecule has 0 fully saturated rings. The number of carbonyl (C=O) groups is 2. The van der Waals surface area contributed by atoms with Crippen LogP contribution in [0.2, 0.25) is 0 Å². The van der Waals surface area contributed by atoms with Gasteiger partial charge >= 0.3 is 0 Å². The van der Waals surface area contributed by atoms with Gasteiger partial charge in [-0.3, -0.25) is 9.59 Å². The lowest BCUT2D eigenvalue weighted by molar-refractivity contribution is -0.118. The molecule has 0 radical (unpaired) electrons. The van der Waals surface area contributed by atoms with E-state index in [9.17, 15) is 9.59 Å². The van der Waals surface area contributed by atoms with Crippen molar-refractivity contribution >= 4 is 33.4 Å². The Hall–Kier alpha value is -2.86. The van der Waals surface area contributed by atoms with Crippen LogP contribution in [-0.2, 0) is 11.2 Å². The van der Waals surface area contributed by atoms with Gasteiger partial charge in [-0.25, -0.2) is 0 Å². The quantitative estimate of drug-likeness (QED) is 0.615. The van der Waals surface area contributed by atoms with E-state index in [-0.39, 0.29) is 11.7 Å². The van der Waals surface area contributed by atoms with Crippen molar-refractivity contribution in [3.63, 3.8) is 0 Å². The van der Waals surface area contributed by atoms with Gasteiger partial charge in [0.25, 0.3) is 5.91 Å². The number of rotatable bonds is 6. The molecular weight excluding hydrogens is 408 g/mol. The molecule has 2 N–H and O–H groups in total. The summed E-state index contributed by atoms with van der Waals surface area (Å²) in [6, 6.07) is 17.5. The van der Waals surface area contributed by atoms with Crippen LogP contribution in [0.1, 0.15) is 21.7 Å². The standard InChI is InChI=1S/C21H19BrN2O3/c1-14-12-16(9-10-17(14)22)23-20(25)18(13-15-6-3-2-4-7-15)24-21(26)19-8-5-11-27-19/h2-12,18H,13H2,1H3,(H,23,25)(H,24,26). The van der Waals surface area contributed by atoms with Crippen molar-refractivity contribution in [1.29, 1.82) is 0 Å². The maximum Gasteiger partial charge on any atom is 0.287 e. The average molecular weight is 427 g/mol. The highest BCUT2D eigenvalue weighted by molar-refractivity contribution is 9.10. The summed E-state index contributed by atoms with van der Waals surface area (Å²) in [6.45, 7) is 1.94. The lowest BCUT2D eigenvalue weighted by Crippen LogP contribution is -2.45. The van der Waals surface area contributed by atoms with Crippen LogP contribution in [0.4, 0.5) is 5.69 Å². The summed E-state index contributed by atoms with van der Waals surface area (Å²) in [4.78, 5) is 25.2. The van der Waals surface area contributed by atoms with Crippen LogP contribution in [0, 0.1) is 6.92 Å². The van der Waals surface area contributed by atoms with Crippen molar-refractivity contribution in [1.82, 2.24) is 5.32 Å². The van der Waals surface area contributed by atoms with E-state index in [1.54, 1.807) is 12.1 Å². The molecule has 1 heterocycles. The molecule has 138 valence electrons. The number of carbonyl (C=O) groups excluding carboxylic acids is 2. The summed E-state index contributed by atoms with van der Waals surface area (Å²) in [5.41, 5.74) is 2.63. The first kappa shape index (κ1) is 18.9. The normalized spacial score (nSPS) is 11.6. The molecule has 27 heavy (non-hydrogen) atoms. The molecule has 0 aliphatic rings. The van der Waals surface area contributed by atoms with E-state index < -0.39 is 11.9 Å². The van der Waals surface area contributed by atoms with E-state index in [2.05, 4.69) is 26.6 Å². The molecule has 0 bridgehead atoms. The van der Waals surface area contributed by atoms with E-state index in [0.717, 1.165) is 15.6 Å². The summed E-state index contributed by atoms with van der Waals surface area (Å²) in [6.07, 6.45) is 1.79. The smallest absolute Gasteiger partial charge is 0.287 e. The summed E-state index contributed by atoms with van der Waals surface area (Å²) in [5, 5.41) is 5.64. The number of hydrogen-bond acceptors (Lipinski definition) is 3. The molecule has 5 nitrogen and oxygen atoms in total. The predicted octanol–water partition coefficient (Wildman–Crippen LogP) is 4.33. The minimum absolute atomic E-state index is 0.167. The van der Waals surface area contributed by atoms with Crippen molar-refractivity contribution in [3.8, 4) is 0 Å². The minimum atomic E-state index is -0.742. The van der Waals surface area contributed by atoms with Crippen LogP contribution in [0.3, 0.4) is 0 Å². The number of nitrogens with one attached hydrogen (secondary N) is 2. The minimum Gasteiger partial charge on any atom is -0.459 e. The largest absolute Gasteiger partial charge is 0.459 e. The Kier molecular flexibility index (Phi) is 6.08. The zero-order chi connectivity index (χ0) is 19.2. The number of hydrogen-bond donors (Lipinski definition) is 2. The molecular formula is C21H19BrN2O3. The van der Waals surface area contributed by atoms with Crippen LogP contribution in [0.15, 0.2) is 75.8 Å². The van der Waals surface area contributed by atoms with E-state index in [1.807, 2.05) is 55.5 Å². The van der Waals surface area contributed by atoms with Gasteiger partial charge < -0.3 is 15.1 Å². The maximum absolute atomic E-state index is 12.9. The lowest BCUT2D eigenvalue weighted by atomic mass is 10.0. The lowest BCUT2D eigenvalue weighted by Gasteiger charge is -2.18. The molecule has 3 rings (SSSR count). The highest BCUT2D eigenvalue weighted by atomic mass is 79.9. The van der Waals surface area contributed by atoms with Gasteiger partial charge in [-0.1, -0.05) is 46.3 Å². The SMILES string of the molecule is Cc1cc(NC(=O)C(Cc2ccccc2)NC(=O)c2ccco2)ccc1Br. The molecule has 1 aromatic heterocycles. The maximum atomic E-state index is 12.9. The highest BCUT2D eigenvalue weighted by Crippen LogP contribution is 2.20. The molecule has 0 saturated carbocycles. The predicted molar refractivity (Wildman–Crippen MR) is 108 cm³/mol. The van der Waals surface area contributed by atoms with Crippen molar-refractivity contribution in [2.75, 3.05) is 5.32 Å². The molecule has 6 heteroatoms. The second-order valence-corrected chi connectivity index (χ2v) is 7.00. The van der Waals surface area contributed by atoms with Crippen molar-refractivity contribution in [2.45, 2.75) is 19.4 Å². The number of halogens is 1. The fourth-order valence-electron chi connectivity index (χ4n) is 2.65. The van der Waals surface area contributed by atoms with Crippen LogP contribution >= 0.6 is 15.9 Å². The van der Waals surface area contributed by atoms with Gasteiger partial charge in [-0.2, -0.15) is 0 Å². The van der Waals surface area contributed by atoms with E-state index >= 15 is 0 Å². The summed E-state index contributed by atoms with van der Waals surface area (Å²) < 4.78 is 6.09. The molecule has 0 spiro atoms. The molecule has 0 aliphatic carbocycles. The third kappa shape index (κ3) is 5.08. The Morgan fingerprint density at radius 1 is 1.07 bits per heavy atom. The van der Waals surface area contributed by atoms with Gasteiger partial charge in [0, 0.05) is 16.6 Å². The van der Waals surface area contributed by atoms with Gasteiger partial charge in [-0.15, -0.1) is 0 Å². The van der Waals surface area contributed by atoms with Crippen molar-refractivity contribution in [3.05, 3.63) is 88.3 Å². The number of amides is 2. The van der Waals surface area contributed by atoms with Crippen molar-refractivity contribution < 1.29 is 14.0 Å². The van der Waals surface area contributed by atoms with Gasteiger partial charge in [-0.05, 0) is 48.4 Å². The van der Waals surface area contributed by atoms with Crippen LogP contribution < -0.4 is 10.6 Å². The van der Waals surface area contributed by atoms with Gasteiger partial charge in [0.1, 0.15) is 6.04 Å². The van der Waals surface area contributed by atoms with Crippen LogP contribution in [-0.4, -0.2) is 17.9 Å². The molecule has 1 atom stereocenters. The summed E-state index contributed by atoms with van der Waals surface area (Å²) in [5.74, 6) is -0.552. The Bertz CT molecular complexity index is 924. The number of aryl methyl sites for hydroxylation is 1. The Morgan fingerprint density at radius 2 is 1.85 bits per heavy atom. The summed E-state index contributed by atoms with van der Waals surface area (Å²) in [7, 11) is 0. The van der Waals surface area contributed by atoms with Crippen LogP contribution in [0.25, 0.3) is 0 Å². The third-order valence-electron chi connectivity index (χ3n) is 4.07. The monoisotopic (exact) mass is 426 g/mol. The molecule has 3 aromatic rings. The molecule has 0 saturated heterocycles. The second kappa shape index (κ2) is 8.68. The molecule has 0 aliphatic heterocycles. The van der Waals surface area contributed by atoms with Gasteiger partial charge in [0.05, 0.1) is 6.26 Å². The number of benzene rings is 2. The van der Waals surface area contributed by atoms with Crippen molar-refractivity contribution in [2.24, 2.45) is 0 Å². The average Bonchev–Trinajstić information content (AvgIpc) is 3.20. The first-order valence-corrected chi connectivity index (χ1v) is 9.27. The Balaban J connectivity index is 1.77.